The van der Waals surface area contributed by atoms with Crippen LogP contribution in [0.5, 0.6) is 0 Å². The monoisotopic (exact) mass is 524 g/mol. The van der Waals surface area contributed by atoms with Crippen LogP contribution in [0.1, 0.15) is 5.69 Å². The first-order chi connectivity index (χ1) is 20.3. The van der Waals surface area contributed by atoms with Crippen LogP contribution in [-0.4, -0.2) is 9.55 Å². The molecule has 8 aromatic rings. The van der Waals surface area contributed by atoms with Crippen LogP contribution in [0.15, 0.2) is 146 Å². The maximum atomic E-state index is 3.91. The van der Waals surface area contributed by atoms with E-state index in [-0.39, 0.29) is 0 Å². The Morgan fingerprint density at radius 2 is 1.12 bits per heavy atom. The fourth-order valence-corrected chi connectivity index (χ4v) is 6.50. The van der Waals surface area contributed by atoms with Crippen molar-refractivity contribution in [1.82, 2.24) is 9.55 Å². The van der Waals surface area contributed by atoms with Crippen LogP contribution >= 0.6 is 0 Å². The first kappa shape index (κ1) is 23.5. The van der Waals surface area contributed by atoms with Crippen molar-refractivity contribution >= 4 is 32.6 Å². The Morgan fingerprint density at radius 1 is 0.512 bits per heavy atom. The molecule has 0 saturated heterocycles. The quantitative estimate of drug-likeness (QED) is 0.236. The van der Waals surface area contributed by atoms with Crippen molar-refractivity contribution in [3.8, 4) is 39.2 Å². The highest BCUT2D eigenvalue weighted by molar-refractivity contribution is 6.14. The van der Waals surface area contributed by atoms with E-state index in [1.165, 1.54) is 66.3 Å². The van der Waals surface area contributed by atoms with E-state index in [4.69, 9.17) is 0 Å². The Morgan fingerprint density at radius 3 is 1.83 bits per heavy atom. The van der Waals surface area contributed by atoms with E-state index in [1.54, 1.807) is 0 Å². The van der Waals surface area contributed by atoms with Crippen molar-refractivity contribution < 1.29 is 0 Å². The molecule has 194 valence electrons. The molecule has 2 heterocycles. The fraction of sp³-hybridized carbons (Fsp3) is 0.0256. The molecule has 0 atom stereocenters. The first-order valence-electron chi connectivity index (χ1n) is 14.1. The van der Waals surface area contributed by atoms with Gasteiger partial charge in [0.25, 0.3) is 0 Å². The number of nitrogens with zero attached hydrogens (tertiary/aromatic N) is 1. The molecule has 0 spiro atoms. The van der Waals surface area contributed by atoms with Gasteiger partial charge in [0.1, 0.15) is 0 Å². The smallest absolute Gasteiger partial charge is 0.0545 e. The molecule has 2 aromatic heterocycles. The topological polar surface area (TPSA) is 20.7 Å². The number of aromatic nitrogens is 2. The van der Waals surface area contributed by atoms with E-state index in [0.29, 0.717) is 0 Å². The largest absolute Gasteiger partial charge is 0.353 e. The zero-order valence-corrected chi connectivity index (χ0v) is 22.8. The van der Waals surface area contributed by atoms with Gasteiger partial charge in [-0.25, -0.2) is 0 Å². The standard InChI is InChI=1S/C39H28N2/c1-26-36(34-24-29-18-11-12-19-30(29)25-35(34)41(26)31-20-9-4-10-21-31)32-22-13-23-33-37(27-14-5-2-6-15-27)38(40-39(32)33)28-16-7-3-8-17-28/h2-25,40H,1H3. The second-order valence-corrected chi connectivity index (χ2v) is 10.7. The Kier molecular flexibility index (Phi) is 5.39. The molecular formula is C39H28N2. The van der Waals surface area contributed by atoms with Crippen LogP contribution in [0, 0.1) is 6.92 Å². The van der Waals surface area contributed by atoms with Gasteiger partial charge in [0.2, 0.25) is 0 Å². The summed E-state index contributed by atoms with van der Waals surface area (Å²) < 4.78 is 2.41. The Hall–Kier alpha value is -5.34. The van der Waals surface area contributed by atoms with Crippen LogP contribution < -0.4 is 0 Å². The summed E-state index contributed by atoms with van der Waals surface area (Å²) in [4.78, 5) is 3.91. The normalized spacial score (nSPS) is 11.5. The lowest BCUT2D eigenvalue weighted by molar-refractivity contribution is 1.06. The van der Waals surface area contributed by atoms with Gasteiger partial charge in [0.05, 0.1) is 16.7 Å². The molecule has 0 unspecified atom stereocenters. The molecule has 1 N–H and O–H groups in total. The predicted molar refractivity (Wildman–Crippen MR) is 174 cm³/mol. The third-order valence-corrected chi connectivity index (χ3v) is 8.31. The Bertz CT molecular complexity index is 2180. The number of rotatable bonds is 4. The van der Waals surface area contributed by atoms with Crippen molar-refractivity contribution in [2.45, 2.75) is 6.92 Å². The minimum atomic E-state index is 1.15. The summed E-state index contributed by atoms with van der Waals surface area (Å²) in [5.74, 6) is 0. The maximum Gasteiger partial charge on any atom is 0.0545 e. The van der Waals surface area contributed by atoms with Crippen molar-refractivity contribution in [1.29, 1.82) is 0 Å². The number of H-pyrrole nitrogens is 1. The van der Waals surface area contributed by atoms with Gasteiger partial charge < -0.3 is 9.55 Å². The lowest BCUT2D eigenvalue weighted by atomic mass is 9.95. The zero-order valence-electron chi connectivity index (χ0n) is 22.8. The SMILES string of the molecule is Cc1c(-c2cccc3c(-c4ccccc4)c(-c4ccccc4)[nH]c23)c2cc3ccccc3cc2n1-c1ccccc1. The molecule has 0 radical (unpaired) electrons. The average molecular weight is 525 g/mol. The molecule has 0 aliphatic heterocycles. The molecule has 0 aliphatic carbocycles. The lowest BCUT2D eigenvalue weighted by Gasteiger charge is -2.10. The van der Waals surface area contributed by atoms with Gasteiger partial charge in [0.15, 0.2) is 0 Å². The number of aromatic amines is 1. The molecule has 0 saturated carbocycles. The van der Waals surface area contributed by atoms with Crippen molar-refractivity contribution in [2.24, 2.45) is 0 Å². The molecule has 0 aliphatic rings. The van der Waals surface area contributed by atoms with Gasteiger partial charge in [-0.2, -0.15) is 0 Å². The molecule has 2 heteroatoms. The summed E-state index contributed by atoms with van der Waals surface area (Å²) in [6.07, 6.45) is 0. The van der Waals surface area contributed by atoms with Gasteiger partial charge in [-0.1, -0.05) is 121 Å². The van der Waals surface area contributed by atoms with Crippen molar-refractivity contribution in [3.63, 3.8) is 0 Å². The summed E-state index contributed by atoms with van der Waals surface area (Å²) in [5, 5.41) is 4.99. The van der Waals surface area contributed by atoms with Crippen LogP contribution in [0.4, 0.5) is 0 Å². The predicted octanol–water partition coefficient (Wildman–Crippen LogP) is 10.6. The number of fused-ring (bicyclic) bond motifs is 3. The highest BCUT2D eigenvalue weighted by Gasteiger charge is 2.22. The zero-order chi connectivity index (χ0) is 27.3. The Labute approximate surface area is 239 Å². The highest BCUT2D eigenvalue weighted by atomic mass is 15.0. The second-order valence-electron chi connectivity index (χ2n) is 10.7. The third kappa shape index (κ3) is 3.72. The van der Waals surface area contributed by atoms with Gasteiger partial charge in [-0.05, 0) is 53.1 Å². The summed E-state index contributed by atoms with van der Waals surface area (Å²) >= 11 is 0. The first-order valence-corrected chi connectivity index (χ1v) is 14.1. The molecule has 8 rings (SSSR count). The van der Waals surface area contributed by atoms with Gasteiger partial charge in [-0.15, -0.1) is 0 Å². The van der Waals surface area contributed by atoms with E-state index in [2.05, 4.69) is 162 Å². The molecule has 6 aromatic carbocycles. The van der Waals surface area contributed by atoms with E-state index in [1.807, 2.05) is 0 Å². The van der Waals surface area contributed by atoms with Crippen LogP contribution in [0.3, 0.4) is 0 Å². The molecular weight excluding hydrogens is 496 g/mol. The van der Waals surface area contributed by atoms with E-state index in [9.17, 15) is 0 Å². The van der Waals surface area contributed by atoms with Gasteiger partial charge in [-0.3, -0.25) is 0 Å². The average Bonchev–Trinajstić information content (AvgIpc) is 3.56. The molecule has 41 heavy (non-hydrogen) atoms. The summed E-state index contributed by atoms with van der Waals surface area (Å²) in [7, 11) is 0. The second kappa shape index (κ2) is 9.39. The maximum absolute atomic E-state index is 3.91. The number of para-hydroxylation sites is 2. The summed E-state index contributed by atoms with van der Waals surface area (Å²) in [6.45, 7) is 2.25. The Balaban J connectivity index is 1.49. The van der Waals surface area contributed by atoms with Gasteiger partial charge >= 0.3 is 0 Å². The lowest BCUT2D eigenvalue weighted by Crippen LogP contribution is -1.96. The van der Waals surface area contributed by atoms with E-state index >= 15 is 0 Å². The fourth-order valence-electron chi connectivity index (χ4n) is 6.50. The molecule has 0 amide bonds. The molecule has 0 bridgehead atoms. The van der Waals surface area contributed by atoms with E-state index < -0.39 is 0 Å². The highest BCUT2D eigenvalue weighted by Crippen LogP contribution is 2.45. The summed E-state index contributed by atoms with van der Waals surface area (Å²) in [6, 6.07) is 52.2. The minimum absolute atomic E-state index is 1.15. The number of hydrogen-bond acceptors (Lipinski definition) is 0. The molecule has 2 nitrogen and oxygen atoms in total. The van der Waals surface area contributed by atoms with Gasteiger partial charge in [0, 0.05) is 38.8 Å². The number of nitrogens with one attached hydrogen (secondary N) is 1. The van der Waals surface area contributed by atoms with Crippen molar-refractivity contribution in [3.05, 3.63) is 151 Å². The van der Waals surface area contributed by atoms with Crippen molar-refractivity contribution in [2.75, 3.05) is 0 Å². The number of hydrogen-bond donors (Lipinski definition) is 1. The van der Waals surface area contributed by atoms with Crippen LogP contribution in [0.25, 0.3) is 71.8 Å². The van der Waals surface area contributed by atoms with Crippen LogP contribution in [-0.2, 0) is 0 Å². The number of benzene rings is 6. The summed E-state index contributed by atoms with van der Waals surface area (Å²) in [5.41, 5.74) is 12.0. The van der Waals surface area contributed by atoms with E-state index in [0.717, 1.165) is 11.2 Å². The molecule has 0 fully saturated rings. The van der Waals surface area contributed by atoms with Crippen LogP contribution in [0.2, 0.25) is 0 Å². The minimum Gasteiger partial charge on any atom is -0.353 e. The third-order valence-electron chi connectivity index (χ3n) is 8.31.